The first-order chi connectivity index (χ1) is 7.81. The number of nitrogens with two attached hydrogens (primary N) is 1. The van der Waals surface area contributed by atoms with Gasteiger partial charge in [0.1, 0.15) is 0 Å². The lowest BCUT2D eigenvalue weighted by Gasteiger charge is -2.33. The summed E-state index contributed by atoms with van der Waals surface area (Å²) >= 11 is 0. The van der Waals surface area contributed by atoms with Gasteiger partial charge >= 0.3 is 0 Å². The molecule has 1 heteroatoms. The summed E-state index contributed by atoms with van der Waals surface area (Å²) in [4.78, 5) is 0. The van der Waals surface area contributed by atoms with Crippen molar-refractivity contribution in [2.45, 2.75) is 64.3 Å². The van der Waals surface area contributed by atoms with E-state index in [2.05, 4.69) is 6.92 Å². The second-order valence-corrected chi connectivity index (χ2v) is 6.61. The molecule has 0 heterocycles. The highest BCUT2D eigenvalue weighted by Crippen LogP contribution is 2.60. The first-order valence-electron chi connectivity index (χ1n) is 7.56. The van der Waals surface area contributed by atoms with Crippen molar-refractivity contribution < 1.29 is 0 Å². The van der Waals surface area contributed by atoms with Crippen molar-refractivity contribution in [3.63, 3.8) is 0 Å². The zero-order chi connectivity index (χ0) is 11.1. The van der Waals surface area contributed by atoms with Crippen LogP contribution in [0.1, 0.15) is 58.3 Å². The Bertz CT molecular complexity index is 240. The fraction of sp³-hybridized carbons (Fsp3) is 1.00. The predicted molar refractivity (Wildman–Crippen MR) is 68.0 cm³/mol. The highest BCUT2D eigenvalue weighted by Gasteiger charge is 2.56. The molecular weight excluding hydrogens is 194 g/mol. The van der Waals surface area contributed by atoms with Gasteiger partial charge < -0.3 is 5.73 Å². The van der Waals surface area contributed by atoms with Gasteiger partial charge in [0, 0.05) is 6.04 Å². The predicted octanol–water partition coefficient (Wildman–Crippen LogP) is 3.58. The van der Waals surface area contributed by atoms with Crippen molar-refractivity contribution >= 4 is 0 Å². The van der Waals surface area contributed by atoms with Gasteiger partial charge in [-0.1, -0.05) is 32.6 Å². The molecule has 3 saturated carbocycles. The minimum absolute atomic E-state index is 0.560. The fourth-order valence-corrected chi connectivity index (χ4v) is 4.82. The third kappa shape index (κ3) is 1.81. The minimum Gasteiger partial charge on any atom is -0.327 e. The molecule has 3 aliphatic rings. The van der Waals surface area contributed by atoms with E-state index in [0.29, 0.717) is 6.04 Å². The Morgan fingerprint density at radius 1 is 1.06 bits per heavy atom. The maximum Gasteiger partial charge on any atom is 0.0101 e. The molecule has 5 atom stereocenters. The zero-order valence-corrected chi connectivity index (χ0v) is 10.7. The molecule has 0 radical (unpaired) electrons. The monoisotopic (exact) mass is 221 g/mol. The number of rotatable bonds is 3. The van der Waals surface area contributed by atoms with Crippen molar-refractivity contribution in [1.82, 2.24) is 0 Å². The Morgan fingerprint density at radius 3 is 2.44 bits per heavy atom. The third-order valence-electron chi connectivity index (χ3n) is 5.86. The van der Waals surface area contributed by atoms with E-state index in [1.165, 1.54) is 51.4 Å². The average Bonchev–Trinajstić information content (AvgIpc) is 2.81. The van der Waals surface area contributed by atoms with Gasteiger partial charge in [-0.25, -0.2) is 0 Å². The molecular formula is C15H27N. The first kappa shape index (κ1) is 11.1. The summed E-state index contributed by atoms with van der Waals surface area (Å²) in [7, 11) is 0. The standard InChI is InChI=1S/C15H27N/c1-2-10-5-3-6-11(9-10)15(16)14-12-7-4-8-13(12)14/h10-15H,2-9,16H2,1H3. The number of fused-ring (bicyclic) bond motifs is 1. The second-order valence-electron chi connectivity index (χ2n) is 6.61. The highest BCUT2D eigenvalue weighted by atomic mass is 14.8. The van der Waals surface area contributed by atoms with Crippen molar-refractivity contribution in [1.29, 1.82) is 0 Å². The number of hydrogen-bond donors (Lipinski definition) is 1. The first-order valence-corrected chi connectivity index (χ1v) is 7.56. The van der Waals surface area contributed by atoms with Crippen LogP contribution in [0.25, 0.3) is 0 Å². The minimum atomic E-state index is 0.560. The second kappa shape index (κ2) is 4.33. The van der Waals surface area contributed by atoms with E-state index in [1.54, 1.807) is 0 Å². The number of hydrogen-bond acceptors (Lipinski definition) is 1. The molecule has 92 valence electrons. The van der Waals surface area contributed by atoms with Crippen LogP contribution < -0.4 is 5.73 Å². The van der Waals surface area contributed by atoms with Gasteiger partial charge in [-0.05, 0) is 55.3 Å². The molecule has 0 amide bonds. The van der Waals surface area contributed by atoms with Gasteiger partial charge in [-0.3, -0.25) is 0 Å². The smallest absolute Gasteiger partial charge is 0.0101 e. The summed E-state index contributed by atoms with van der Waals surface area (Å²) in [6.45, 7) is 2.35. The lowest BCUT2D eigenvalue weighted by molar-refractivity contribution is 0.209. The van der Waals surface area contributed by atoms with E-state index in [4.69, 9.17) is 5.73 Å². The van der Waals surface area contributed by atoms with Crippen LogP contribution in [0, 0.1) is 29.6 Å². The molecule has 1 nitrogen and oxygen atoms in total. The van der Waals surface area contributed by atoms with Crippen LogP contribution in [0.15, 0.2) is 0 Å². The van der Waals surface area contributed by atoms with Gasteiger partial charge in [-0.2, -0.15) is 0 Å². The van der Waals surface area contributed by atoms with Crippen LogP contribution in [0.2, 0.25) is 0 Å². The summed E-state index contributed by atoms with van der Waals surface area (Å²) in [5, 5.41) is 0. The Morgan fingerprint density at radius 2 is 1.75 bits per heavy atom. The van der Waals surface area contributed by atoms with Gasteiger partial charge in [-0.15, -0.1) is 0 Å². The van der Waals surface area contributed by atoms with Crippen LogP contribution >= 0.6 is 0 Å². The van der Waals surface area contributed by atoms with Crippen LogP contribution in [-0.2, 0) is 0 Å². The van der Waals surface area contributed by atoms with E-state index in [9.17, 15) is 0 Å². The molecule has 0 aromatic rings. The summed E-state index contributed by atoms with van der Waals surface area (Å²) in [5.74, 6) is 4.90. The summed E-state index contributed by atoms with van der Waals surface area (Å²) < 4.78 is 0. The maximum atomic E-state index is 6.56. The molecule has 3 rings (SSSR count). The van der Waals surface area contributed by atoms with Crippen molar-refractivity contribution in [3.8, 4) is 0 Å². The van der Waals surface area contributed by atoms with Crippen molar-refractivity contribution in [2.24, 2.45) is 35.3 Å². The Kier molecular flexibility index (Phi) is 2.99. The molecule has 0 aliphatic heterocycles. The molecule has 0 bridgehead atoms. The van der Waals surface area contributed by atoms with E-state index < -0.39 is 0 Å². The van der Waals surface area contributed by atoms with Crippen molar-refractivity contribution in [2.75, 3.05) is 0 Å². The van der Waals surface area contributed by atoms with Gasteiger partial charge in [0.2, 0.25) is 0 Å². The molecule has 3 aliphatic carbocycles. The van der Waals surface area contributed by atoms with E-state index in [0.717, 1.165) is 29.6 Å². The van der Waals surface area contributed by atoms with Crippen LogP contribution in [0.5, 0.6) is 0 Å². The van der Waals surface area contributed by atoms with Crippen LogP contribution in [-0.4, -0.2) is 6.04 Å². The zero-order valence-electron chi connectivity index (χ0n) is 10.7. The van der Waals surface area contributed by atoms with Gasteiger partial charge in [0.15, 0.2) is 0 Å². The topological polar surface area (TPSA) is 26.0 Å². The SMILES string of the molecule is CCC1CCCC(C(N)C2C3CCCC32)C1. The fourth-order valence-electron chi connectivity index (χ4n) is 4.82. The van der Waals surface area contributed by atoms with Crippen molar-refractivity contribution in [3.05, 3.63) is 0 Å². The van der Waals surface area contributed by atoms with E-state index in [-0.39, 0.29) is 0 Å². The van der Waals surface area contributed by atoms with E-state index >= 15 is 0 Å². The molecule has 0 spiro atoms. The lowest BCUT2D eigenvalue weighted by atomic mass is 9.75. The summed E-state index contributed by atoms with van der Waals surface area (Å²) in [6.07, 6.45) is 11.6. The molecule has 5 unspecified atom stereocenters. The lowest BCUT2D eigenvalue weighted by Crippen LogP contribution is -2.36. The van der Waals surface area contributed by atoms with Crippen LogP contribution in [0.3, 0.4) is 0 Å². The van der Waals surface area contributed by atoms with E-state index in [1.807, 2.05) is 0 Å². The maximum absolute atomic E-state index is 6.56. The Hall–Kier alpha value is -0.0400. The molecule has 0 saturated heterocycles. The quantitative estimate of drug-likeness (QED) is 0.774. The Balaban J connectivity index is 1.56. The normalized spacial score (nSPS) is 48.8. The summed E-state index contributed by atoms with van der Waals surface area (Å²) in [5.41, 5.74) is 6.56. The van der Waals surface area contributed by atoms with Crippen LogP contribution in [0.4, 0.5) is 0 Å². The molecule has 16 heavy (non-hydrogen) atoms. The van der Waals surface area contributed by atoms with Gasteiger partial charge in [0.05, 0.1) is 0 Å². The third-order valence-corrected chi connectivity index (χ3v) is 5.86. The highest BCUT2D eigenvalue weighted by molar-refractivity contribution is 5.07. The Labute approximate surface area is 100 Å². The molecule has 2 N–H and O–H groups in total. The van der Waals surface area contributed by atoms with Gasteiger partial charge in [0.25, 0.3) is 0 Å². The summed E-state index contributed by atoms with van der Waals surface area (Å²) in [6, 6.07) is 0.560. The molecule has 3 fully saturated rings. The molecule has 0 aromatic carbocycles. The average molecular weight is 221 g/mol. The largest absolute Gasteiger partial charge is 0.327 e. The molecule has 0 aromatic heterocycles.